The molecule has 2 heterocycles. The Balaban J connectivity index is 1.21. The molecule has 0 unspecified atom stereocenters. The molecular weight excluding hydrogens is 467 g/mol. The topological polar surface area (TPSA) is 129 Å². The first-order chi connectivity index (χ1) is 16.7. The molecule has 12 heteroatoms. The van der Waals surface area contributed by atoms with Gasteiger partial charge in [-0.1, -0.05) is 12.8 Å². The number of aliphatic hydroxyl groups is 2. The maximum Gasteiger partial charge on any atom is 0.434 e. The fraction of sp³-hybridized carbons (Fsp3) is 0.783. The third-order valence-corrected chi connectivity index (χ3v) is 7.20. The fourth-order valence-corrected chi connectivity index (χ4v) is 5.25. The van der Waals surface area contributed by atoms with Gasteiger partial charge in [0.1, 0.15) is 18.0 Å². The number of anilines is 1. The molecule has 1 saturated heterocycles. The van der Waals surface area contributed by atoms with Crippen molar-refractivity contribution in [1.82, 2.24) is 20.6 Å². The summed E-state index contributed by atoms with van der Waals surface area (Å²) in [7, 11) is 0. The van der Waals surface area contributed by atoms with Gasteiger partial charge in [-0.3, -0.25) is 9.78 Å². The molecule has 1 aromatic heterocycles. The van der Waals surface area contributed by atoms with Crippen LogP contribution in [0.5, 0.6) is 0 Å². The highest BCUT2D eigenvalue weighted by Gasteiger charge is 2.40. The van der Waals surface area contributed by atoms with E-state index in [1.165, 1.54) is 25.7 Å². The van der Waals surface area contributed by atoms with E-state index in [1.54, 1.807) is 0 Å². The zero-order valence-corrected chi connectivity index (χ0v) is 19.5. The molecule has 3 fully saturated rings. The van der Waals surface area contributed by atoms with Crippen LogP contribution in [0.1, 0.15) is 63.5 Å². The van der Waals surface area contributed by atoms with Gasteiger partial charge in [0.05, 0.1) is 37.6 Å². The van der Waals surface area contributed by atoms with Crippen LogP contribution in [0, 0.1) is 0 Å². The van der Waals surface area contributed by atoms with Gasteiger partial charge in [-0.2, -0.15) is 13.2 Å². The molecule has 5 N–H and O–H groups in total. The third kappa shape index (κ3) is 7.02. The van der Waals surface area contributed by atoms with Crippen LogP contribution in [-0.2, 0) is 15.7 Å². The Labute approximate surface area is 202 Å². The van der Waals surface area contributed by atoms with Crippen molar-refractivity contribution in [2.75, 3.05) is 11.9 Å². The number of hydrogen-bond donors (Lipinski definition) is 5. The number of carbonyl (C=O) groups is 1. The molecule has 3 aliphatic rings. The summed E-state index contributed by atoms with van der Waals surface area (Å²) < 4.78 is 44.1. The second kappa shape index (κ2) is 11.4. The number of hydrogen-bond acceptors (Lipinski definition) is 8. The maximum absolute atomic E-state index is 12.8. The lowest BCUT2D eigenvalue weighted by Gasteiger charge is -2.38. The quantitative estimate of drug-likeness (QED) is 0.382. The molecule has 35 heavy (non-hydrogen) atoms. The summed E-state index contributed by atoms with van der Waals surface area (Å²) in [6.45, 7) is -0.119. The van der Waals surface area contributed by atoms with Gasteiger partial charge in [0.25, 0.3) is 0 Å². The molecule has 0 aromatic carbocycles. The molecule has 1 amide bonds. The Bertz CT molecular complexity index is 847. The number of nitrogens with zero attached hydrogens (tertiary/aromatic N) is 2. The lowest BCUT2D eigenvalue weighted by atomic mass is 9.90. The molecule has 2 saturated carbocycles. The SMILES string of the molecule is O=C(C[C@H]1OC[C@H](Nc2cncc(C(F)(F)F)n2)[C@@H](O)[C@H]1O)NC1CCC(NC2CCCC2)CC1. The second-order valence-electron chi connectivity index (χ2n) is 9.86. The summed E-state index contributed by atoms with van der Waals surface area (Å²) >= 11 is 0. The van der Waals surface area contributed by atoms with E-state index in [2.05, 4.69) is 25.9 Å². The first-order valence-electron chi connectivity index (χ1n) is 12.4. The van der Waals surface area contributed by atoms with Crippen molar-refractivity contribution < 1.29 is 32.9 Å². The summed E-state index contributed by atoms with van der Waals surface area (Å²) in [5.41, 5.74) is -1.17. The molecule has 4 rings (SSSR count). The average Bonchev–Trinajstić information content (AvgIpc) is 3.33. The smallest absolute Gasteiger partial charge is 0.388 e. The Morgan fingerprint density at radius 1 is 1.00 bits per heavy atom. The van der Waals surface area contributed by atoms with Crippen LogP contribution in [0.15, 0.2) is 12.4 Å². The predicted molar refractivity (Wildman–Crippen MR) is 120 cm³/mol. The molecule has 0 radical (unpaired) electrons. The van der Waals surface area contributed by atoms with Gasteiger partial charge in [-0.05, 0) is 38.5 Å². The lowest BCUT2D eigenvalue weighted by Crippen LogP contribution is -2.57. The van der Waals surface area contributed by atoms with Gasteiger partial charge in [0, 0.05) is 18.1 Å². The van der Waals surface area contributed by atoms with E-state index in [1.807, 2.05) is 0 Å². The highest BCUT2D eigenvalue weighted by Crippen LogP contribution is 2.28. The number of carbonyl (C=O) groups excluding carboxylic acids is 1. The predicted octanol–water partition coefficient (Wildman–Crippen LogP) is 1.75. The van der Waals surface area contributed by atoms with E-state index < -0.39 is 36.2 Å². The number of aliphatic hydroxyl groups excluding tert-OH is 2. The molecule has 4 atom stereocenters. The molecular formula is C23H34F3N5O4. The number of nitrogens with one attached hydrogen (secondary N) is 3. The summed E-state index contributed by atoms with van der Waals surface area (Å²) in [6, 6.07) is 0.283. The second-order valence-corrected chi connectivity index (χ2v) is 9.86. The van der Waals surface area contributed by atoms with Crippen molar-refractivity contribution in [3.8, 4) is 0 Å². The zero-order chi connectivity index (χ0) is 25.0. The maximum atomic E-state index is 12.8. The van der Waals surface area contributed by atoms with Crippen molar-refractivity contribution >= 4 is 11.7 Å². The number of ether oxygens (including phenoxy) is 1. The largest absolute Gasteiger partial charge is 0.434 e. The summed E-state index contributed by atoms with van der Waals surface area (Å²) in [4.78, 5) is 19.5. The number of rotatable bonds is 7. The third-order valence-electron chi connectivity index (χ3n) is 7.20. The van der Waals surface area contributed by atoms with E-state index in [0.29, 0.717) is 18.3 Å². The highest BCUT2D eigenvalue weighted by molar-refractivity contribution is 5.76. The number of halogens is 3. The Hall–Kier alpha value is -2.02. The Morgan fingerprint density at radius 3 is 2.34 bits per heavy atom. The Morgan fingerprint density at radius 2 is 1.66 bits per heavy atom. The van der Waals surface area contributed by atoms with Crippen LogP contribution in [0.3, 0.4) is 0 Å². The standard InChI is InChI=1S/C23H34F3N5O4/c24-23(25,26)18-10-27-11-19(31-18)30-16-12-35-17(22(34)21(16)33)9-20(32)29-15-7-5-14(6-8-15)28-13-3-1-2-4-13/h10-11,13-17,21-22,28,33-34H,1-9,12H2,(H,29,32)(H,30,31)/t14?,15?,16-,17+,21+,22-/m0/s1. The van der Waals surface area contributed by atoms with E-state index in [0.717, 1.165) is 31.9 Å². The molecule has 9 nitrogen and oxygen atoms in total. The van der Waals surface area contributed by atoms with E-state index in [-0.39, 0.29) is 30.8 Å². The highest BCUT2D eigenvalue weighted by atomic mass is 19.4. The van der Waals surface area contributed by atoms with Gasteiger partial charge < -0.3 is 30.9 Å². The zero-order valence-electron chi connectivity index (χ0n) is 19.5. The van der Waals surface area contributed by atoms with Crippen molar-refractivity contribution in [3.63, 3.8) is 0 Å². The van der Waals surface area contributed by atoms with E-state index in [4.69, 9.17) is 4.74 Å². The van der Waals surface area contributed by atoms with Gasteiger partial charge in [0.2, 0.25) is 5.91 Å². The van der Waals surface area contributed by atoms with Crippen molar-refractivity contribution in [2.45, 2.75) is 106 Å². The van der Waals surface area contributed by atoms with E-state index >= 15 is 0 Å². The van der Waals surface area contributed by atoms with Gasteiger partial charge in [0.15, 0.2) is 5.69 Å². The fourth-order valence-electron chi connectivity index (χ4n) is 5.25. The van der Waals surface area contributed by atoms with Crippen molar-refractivity contribution in [2.24, 2.45) is 0 Å². The number of aromatic nitrogens is 2. The lowest BCUT2D eigenvalue weighted by molar-refractivity contribution is -0.152. The van der Waals surface area contributed by atoms with Crippen LogP contribution in [0.25, 0.3) is 0 Å². The number of amides is 1. The van der Waals surface area contributed by atoms with Gasteiger partial charge in [-0.15, -0.1) is 0 Å². The molecule has 0 bridgehead atoms. The van der Waals surface area contributed by atoms with Gasteiger partial charge in [-0.25, -0.2) is 4.98 Å². The van der Waals surface area contributed by atoms with Crippen LogP contribution in [-0.4, -0.2) is 75.2 Å². The summed E-state index contributed by atoms with van der Waals surface area (Å²) in [5.74, 6) is -0.461. The van der Waals surface area contributed by atoms with Crippen LogP contribution in [0.2, 0.25) is 0 Å². The van der Waals surface area contributed by atoms with Crippen LogP contribution >= 0.6 is 0 Å². The molecule has 2 aliphatic carbocycles. The minimum Gasteiger partial charge on any atom is -0.388 e. The molecule has 1 aromatic rings. The van der Waals surface area contributed by atoms with Crippen molar-refractivity contribution in [3.05, 3.63) is 18.1 Å². The summed E-state index contributed by atoms with van der Waals surface area (Å²) in [5, 5.41) is 30.3. The average molecular weight is 502 g/mol. The number of alkyl halides is 3. The molecule has 0 spiro atoms. The van der Waals surface area contributed by atoms with Crippen LogP contribution in [0.4, 0.5) is 19.0 Å². The minimum absolute atomic E-state index is 0.0729. The molecule has 196 valence electrons. The monoisotopic (exact) mass is 501 g/mol. The normalized spacial score (nSPS) is 32.4. The Kier molecular flexibility index (Phi) is 8.46. The molecule has 1 aliphatic heterocycles. The first kappa shape index (κ1) is 26.1. The van der Waals surface area contributed by atoms with Crippen molar-refractivity contribution in [1.29, 1.82) is 0 Å². The summed E-state index contributed by atoms with van der Waals surface area (Å²) in [6.07, 6.45) is 2.11. The van der Waals surface area contributed by atoms with Gasteiger partial charge >= 0.3 is 6.18 Å². The van der Waals surface area contributed by atoms with Crippen LogP contribution < -0.4 is 16.0 Å². The first-order valence-corrected chi connectivity index (χ1v) is 12.4. The minimum atomic E-state index is -4.66. The van der Waals surface area contributed by atoms with E-state index in [9.17, 15) is 28.2 Å².